The largest absolute Gasteiger partial charge is 0.463 e. The number of alkyl halides is 4. The van der Waals surface area contributed by atoms with Crippen LogP contribution in [-0.2, 0) is 14.3 Å². The van der Waals surface area contributed by atoms with Gasteiger partial charge < -0.3 is 10.1 Å². The molecule has 0 saturated carbocycles. The van der Waals surface area contributed by atoms with Crippen molar-refractivity contribution >= 4 is 23.5 Å². The van der Waals surface area contributed by atoms with Crippen molar-refractivity contribution in [2.75, 3.05) is 6.61 Å². The van der Waals surface area contributed by atoms with Gasteiger partial charge in [0.1, 0.15) is 0 Å². The van der Waals surface area contributed by atoms with Crippen molar-refractivity contribution in [1.29, 1.82) is 0 Å². The Morgan fingerprint density at radius 2 is 1.87 bits per heavy atom. The Hall–Kier alpha value is -0.980. The summed E-state index contributed by atoms with van der Waals surface area (Å²) in [5, 5.41) is 1.31. The molecule has 0 fully saturated rings. The van der Waals surface area contributed by atoms with Crippen LogP contribution in [0, 0.1) is 0 Å². The first kappa shape index (κ1) is 14.0. The molecule has 15 heavy (non-hydrogen) atoms. The second kappa shape index (κ2) is 4.69. The van der Waals surface area contributed by atoms with E-state index >= 15 is 0 Å². The smallest absolute Gasteiger partial charge is 0.437 e. The van der Waals surface area contributed by atoms with E-state index in [4.69, 9.17) is 11.6 Å². The summed E-state index contributed by atoms with van der Waals surface area (Å²) in [5.41, 5.74) is 0. The maximum atomic E-state index is 12.4. The van der Waals surface area contributed by atoms with E-state index in [2.05, 4.69) is 4.74 Å². The number of hydrogen-bond acceptors (Lipinski definition) is 3. The van der Waals surface area contributed by atoms with E-state index in [0.29, 0.717) is 0 Å². The summed E-state index contributed by atoms with van der Waals surface area (Å²) in [4.78, 5) is 18.0. The molecule has 0 aliphatic rings. The van der Waals surface area contributed by atoms with E-state index in [1.165, 1.54) is 12.2 Å². The maximum Gasteiger partial charge on any atom is 0.437 e. The van der Waals surface area contributed by atoms with Crippen molar-refractivity contribution in [3.8, 4) is 0 Å². The third kappa shape index (κ3) is 3.26. The summed E-state index contributed by atoms with van der Waals surface area (Å²) in [6, 6.07) is 0. The summed E-state index contributed by atoms with van der Waals surface area (Å²) < 4.78 is 41.3. The standard InChI is InChI=1S/C7H9ClF3NO3/c1-3-15-5(14)6(8,7(9,10)11)12-4(2)13/h3H2,1-2H3,(H,12,13)/t6-/m1/s1. The van der Waals surface area contributed by atoms with Crippen LogP contribution in [0.4, 0.5) is 13.2 Å². The van der Waals surface area contributed by atoms with Crippen molar-refractivity contribution < 1.29 is 27.5 Å². The second-order valence-electron chi connectivity index (χ2n) is 2.56. The molecule has 4 nitrogen and oxygen atoms in total. The van der Waals surface area contributed by atoms with Crippen LogP contribution in [0.5, 0.6) is 0 Å². The van der Waals surface area contributed by atoms with Gasteiger partial charge in [-0.25, -0.2) is 4.79 Å². The van der Waals surface area contributed by atoms with Gasteiger partial charge in [-0.3, -0.25) is 4.79 Å². The van der Waals surface area contributed by atoms with E-state index in [-0.39, 0.29) is 6.61 Å². The van der Waals surface area contributed by atoms with E-state index in [1.807, 2.05) is 0 Å². The maximum absolute atomic E-state index is 12.4. The van der Waals surface area contributed by atoms with Gasteiger partial charge >= 0.3 is 17.1 Å². The molecule has 0 saturated heterocycles. The van der Waals surface area contributed by atoms with Crippen molar-refractivity contribution in [3.05, 3.63) is 0 Å². The first-order chi connectivity index (χ1) is 6.65. The third-order valence-corrected chi connectivity index (χ3v) is 1.76. The number of hydrogen-bond donors (Lipinski definition) is 1. The Morgan fingerprint density at radius 3 is 2.13 bits per heavy atom. The molecule has 1 atom stereocenters. The van der Waals surface area contributed by atoms with Crippen LogP contribution in [0.15, 0.2) is 0 Å². The monoisotopic (exact) mass is 247 g/mol. The zero-order valence-corrected chi connectivity index (χ0v) is 8.70. The fourth-order valence-electron chi connectivity index (χ4n) is 0.711. The van der Waals surface area contributed by atoms with Crippen molar-refractivity contribution in [2.45, 2.75) is 25.0 Å². The van der Waals surface area contributed by atoms with Crippen LogP contribution in [-0.4, -0.2) is 29.7 Å². The first-order valence-electron chi connectivity index (χ1n) is 3.86. The molecule has 1 N–H and O–H groups in total. The summed E-state index contributed by atoms with van der Waals surface area (Å²) in [5.74, 6) is -2.84. The Balaban J connectivity index is 5.02. The number of carbonyl (C=O) groups is 2. The minimum atomic E-state index is -5.13. The molecule has 0 heterocycles. The lowest BCUT2D eigenvalue weighted by atomic mass is 10.2. The SMILES string of the molecule is CCOC(=O)[C@@](Cl)(NC(C)=O)C(F)(F)F. The van der Waals surface area contributed by atoms with Gasteiger partial charge in [0.25, 0.3) is 0 Å². The number of rotatable bonds is 3. The summed E-state index contributed by atoms with van der Waals surface area (Å²) in [7, 11) is 0. The Bertz CT molecular complexity index is 269. The molecule has 0 aliphatic carbocycles. The topological polar surface area (TPSA) is 55.4 Å². The summed E-state index contributed by atoms with van der Waals surface area (Å²) in [6.07, 6.45) is -5.13. The molecule has 0 spiro atoms. The molecular weight excluding hydrogens is 239 g/mol. The fourth-order valence-corrected chi connectivity index (χ4v) is 0.898. The van der Waals surface area contributed by atoms with Crippen molar-refractivity contribution in [1.82, 2.24) is 5.32 Å². The number of amides is 1. The first-order valence-corrected chi connectivity index (χ1v) is 4.24. The molecule has 0 aromatic rings. The van der Waals surface area contributed by atoms with Crippen LogP contribution in [0.2, 0.25) is 0 Å². The lowest BCUT2D eigenvalue weighted by Crippen LogP contribution is -2.60. The van der Waals surface area contributed by atoms with Crippen LogP contribution < -0.4 is 5.32 Å². The van der Waals surface area contributed by atoms with E-state index in [9.17, 15) is 22.8 Å². The minimum absolute atomic E-state index is 0.275. The molecule has 0 radical (unpaired) electrons. The molecule has 0 bridgehead atoms. The highest BCUT2D eigenvalue weighted by molar-refractivity contribution is 6.35. The zero-order valence-electron chi connectivity index (χ0n) is 7.94. The van der Waals surface area contributed by atoms with E-state index < -0.39 is 23.1 Å². The number of halogens is 4. The lowest BCUT2D eigenvalue weighted by molar-refractivity contribution is -0.195. The molecule has 0 unspecified atom stereocenters. The average molecular weight is 248 g/mol. The predicted octanol–water partition coefficient (Wildman–Crippen LogP) is 1.18. The van der Waals surface area contributed by atoms with Crippen LogP contribution >= 0.6 is 11.6 Å². The average Bonchev–Trinajstić information content (AvgIpc) is 2.01. The fraction of sp³-hybridized carbons (Fsp3) is 0.714. The van der Waals surface area contributed by atoms with Gasteiger partial charge in [-0.15, -0.1) is 0 Å². The third-order valence-electron chi connectivity index (χ3n) is 1.30. The quantitative estimate of drug-likeness (QED) is 0.463. The lowest BCUT2D eigenvalue weighted by Gasteiger charge is -2.27. The van der Waals surface area contributed by atoms with Gasteiger partial charge in [0.05, 0.1) is 6.61 Å². The number of esters is 1. The molecule has 0 rings (SSSR count). The second-order valence-corrected chi connectivity index (χ2v) is 3.12. The minimum Gasteiger partial charge on any atom is -0.463 e. The van der Waals surface area contributed by atoms with Crippen LogP contribution in [0.3, 0.4) is 0 Å². The van der Waals surface area contributed by atoms with Gasteiger partial charge in [-0.2, -0.15) is 13.2 Å². The predicted molar refractivity (Wildman–Crippen MR) is 45.1 cm³/mol. The molecular formula is C7H9ClF3NO3. The summed E-state index contributed by atoms with van der Waals surface area (Å²) in [6.45, 7) is 1.85. The highest BCUT2D eigenvalue weighted by atomic mass is 35.5. The normalized spacial score (nSPS) is 15.3. The number of ether oxygens (including phenoxy) is 1. The van der Waals surface area contributed by atoms with E-state index in [1.54, 1.807) is 0 Å². The van der Waals surface area contributed by atoms with Crippen LogP contribution in [0.25, 0.3) is 0 Å². The molecule has 1 amide bonds. The summed E-state index contributed by atoms with van der Waals surface area (Å²) >= 11 is 5.01. The number of nitrogens with one attached hydrogen (secondary N) is 1. The van der Waals surface area contributed by atoms with E-state index in [0.717, 1.165) is 6.92 Å². The highest BCUT2D eigenvalue weighted by Crippen LogP contribution is 2.35. The Kier molecular flexibility index (Phi) is 4.39. The van der Waals surface area contributed by atoms with Crippen molar-refractivity contribution in [2.24, 2.45) is 0 Å². The molecule has 0 aliphatic heterocycles. The van der Waals surface area contributed by atoms with Crippen LogP contribution in [0.1, 0.15) is 13.8 Å². The molecule has 8 heteroatoms. The Morgan fingerprint density at radius 1 is 1.40 bits per heavy atom. The van der Waals surface area contributed by atoms with Gasteiger partial charge in [0.2, 0.25) is 5.91 Å². The number of carbonyl (C=O) groups excluding carboxylic acids is 2. The van der Waals surface area contributed by atoms with Crippen molar-refractivity contribution in [3.63, 3.8) is 0 Å². The molecule has 0 aromatic heterocycles. The molecule has 0 aromatic carbocycles. The van der Waals surface area contributed by atoms with Gasteiger partial charge in [0, 0.05) is 6.92 Å². The zero-order chi connectivity index (χ0) is 12.3. The van der Waals surface area contributed by atoms with Gasteiger partial charge in [-0.1, -0.05) is 11.6 Å². The molecule has 88 valence electrons. The highest BCUT2D eigenvalue weighted by Gasteiger charge is 2.61. The van der Waals surface area contributed by atoms with Gasteiger partial charge in [0.15, 0.2) is 0 Å². The van der Waals surface area contributed by atoms with Gasteiger partial charge in [-0.05, 0) is 6.92 Å². The Labute approximate surface area is 88.7 Å².